The Kier molecular flexibility index (Phi) is 4.02. The molecule has 0 aromatic heterocycles. The van der Waals surface area contributed by atoms with Gasteiger partial charge in [-0.25, -0.2) is 0 Å². The number of hydrogen-bond acceptors (Lipinski definition) is 2. The Morgan fingerprint density at radius 2 is 1.09 bits per heavy atom. The highest BCUT2D eigenvalue weighted by Crippen LogP contribution is 2.66. The van der Waals surface area contributed by atoms with E-state index in [1.807, 2.05) is 0 Å². The van der Waals surface area contributed by atoms with Crippen molar-refractivity contribution in [1.29, 1.82) is 0 Å². The average Bonchev–Trinajstić information content (AvgIpc) is 2.34. The molecule has 0 unspecified atom stereocenters. The molecule has 0 spiro atoms. The van der Waals surface area contributed by atoms with Gasteiger partial charge < -0.3 is 0 Å². The van der Waals surface area contributed by atoms with Crippen molar-refractivity contribution in [2.24, 2.45) is 0 Å². The molecule has 1 fully saturated rings. The van der Waals surface area contributed by atoms with Gasteiger partial charge in [-0.2, -0.15) is 52.7 Å². The molecule has 136 valence electrons. The number of hydrogen-bond donors (Lipinski definition) is 0. The van der Waals surface area contributed by atoms with E-state index in [-0.39, 0.29) is 0 Å². The van der Waals surface area contributed by atoms with Crippen LogP contribution in [0.4, 0.5) is 52.7 Å². The number of alkyl halides is 12. The molecule has 0 bridgehead atoms. The molecular formula is C9H5F12NO. The molecule has 0 aromatic rings. The molecular weight excluding hydrogens is 366 g/mol. The highest BCUT2D eigenvalue weighted by atomic mass is 19.4. The molecule has 0 radical (unpaired) electrons. The SMILES string of the molecule is CCC(=O)C(F)(F)N1C(F)(F)C(F)(F)C(F)(F)C(F)(F)C1(F)F. The second-order valence-electron chi connectivity index (χ2n) is 4.46. The maximum absolute atomic E-state index is 13.3. The largest absolute Gasteiger partial charge is 0.393 e. The van der Waals surface area contributed by atoms with Crippen LogP contribution in [0.3, 0.4) is 0 Å². The predicted molar refractivity (Wildman–Crippen MR) is 46.8 cm³/mol. The number of nitrogens with zero attached hydrogens (tertiary/aromatic N) is 1. The predicted octanol–water partition coefficient (Wildman–Crippen LogP) is 3.97. The zero-order chi connectivity index (χ0) is 18.9. The molecule has 2 nitrogen and oxygen atoms in total. The quantitative estimate of drug-likeness (QED) is 0.553. The molecule has 23 heavy (non-hydrogen) atoms. The summed E-state index contributed by atoms with van der Waals surface area (Å²) in [5.41, 5.74) is 0. The first-order valence-corrected chi connectivity index (χ1v) is 5.45. The van der Waals surface area contributed by atoms with Crippen molar-refractivity contribution in [3.8, 4) is 0 Å². The normalized spacial score (nSPS) is 28.4. The van der Waals surface area contributed by atoms with Gasteiger partial charge in [0, 0.05) is 6.42 Å². The number of likely N-dealkylation sites (tertiary alicyclic amines) is 1. The van der Waals surface area contributed by atoms with Crippen molar-refractivity contribution in [3.63, 3.8) is 0 Å². The van der Waals surface area contributed by atoms with Gasteiger partial charge in [-0.05, 0) is 0 Å². The molecule has 0 aromatic carbocycles. The third-order valence-corrected chi connectivity index (χ3v) is 3.04. The summed E-state index contributed by atoms with van der Waals surface area (Å²) in [5.74, 6) is -24.9. The van der Waals surface area contributed by atoms with E-state index in [4.69, 9.17) is 0 Å². The molecule has 14 heteroatoms. The number of ketones is 1. The summed E-state index contributed by atoms with van der Waals surface area (Å²) in [6, 6.07) is -20.6. The van der Waals surface area contributed by atoms with Gasteiger partial charge in [0.15, 0.2) is 0 Å². The fourth-order valence-electron chi connectivity index (χ4n) is 1.72. The third-order valence-electron chi connectivity index (χ3n) is 3.04. The van der Waals surface area contributed by atoms with Crippen molar-refractivity contribution in [3.05, 3.63) is 0 Å². The zero-order valence-corrected chi connectivity index (χ0v) is 10.6. The van der Waals surface area contributed by atoms with Gasteiger partial charge in [0.1, 0.15) is 0 Å². The van der Waals surface area contributed by atoms with E-state index in [0.29, 0.717) is 6.92 Å². The van der Waals surface area contributed by atoms with E-state index in [1.165, 1.54) is 0 Å². The maximum atomic E-state index is 13.3. The topological polar surface area (TPSA) is 20.3 Å². The van der Waals surface area contributed by atoms with Crippen molar-refractivity contribution >= 4 is 5.78 Å². The van der Waals surface area contributed by atoms with Gasteiger partial charge in [0.2, 0.25) is 5.78 Å². The lowest BCUT2D eigenvalue weighted by Gasteiger charge is -2.52. The van der Waals surface area contributed by atoms with Gasteiger partial charge >= 0.3 is 35.9 Å². The van der Waals surface area contributed by atoms with E-state index in [9.17, 15) is 57.5 Å². The van der Waals surface area contributed by atoms with Crippen molar-refractivity contribution in [2.75, 3.05) is 0 Å². The Balaban J connectivity index is 3.80. The van der Waals surface area contributed by atoms with Crippen LogP contribution in [0.2, 0.25) is 0 Å². The van der Waals surface area contributed by atoms with Crippen LogP contribution in [-0.4, -0.2) is 46.6 Å². The first kappa shape index (κ1) is 19.8. The Morgan fingerprint density at radius 3 is 1.35 bits per heavy atom. The fourth-order valence-corrected chi connectivity index (χ4v) is 1.72. The molecule has 0 aliphatic carbocycles. The molecule has 0 atom stereocenters. The van der Waals surface area contributed by atoms with Crippen LogP contribution in [0.1, 0.15) is 13.3 Å². The number of carbonyl (C=O) groups excluding carboxylic acids is 1. The standard InChI is InChI=1S/C9H5F12NO/c1-2-3(23)4(10,11)22-8(18,19)6(14,15)5(12,13)7(16,17)9(22,20)21/h2H2,1H3. The minimum atomic E-state index is -7.38. The minimum absolute atomic E-state index is 0.487. The van der Waals surface area contributed by atoms with Crippen LogP contribution in [0.25, 0.3) is 0 Å². The number of carbonyl (C=O) groups is 1. The molecule has 1 rings (SSSR count). The lowest BCUT2D eigenvalue weighted by molar-refractivity contribution is -0.529. The van der Waals surface area contributed by atoms with E-state index in [0.717, 1.165) is 0 Å². The minimum Gasteiger partial charge on any atom is -0.291 e. The zero-order valence-electron chi connectivity index (χ0n) is 10.6. The van der Waals surface area contributed by atoms with Crippen molar-refractivity contribution in [1.82, 2.24) is 4.90 Å². The Hall–Kier alpha value is -1.21. The first-order chi connectivity index (χ1) is 9.85. The molecule has 0 amide bonds. The number of piperidine rings is 1. The first-order valence-electron chi connectivity index (χ1n) is 5.45. The van der Waals surface area contributed by atoms with Gasteiger partial charge in [-0.15, -0.1) is 4.90 Å². The van der Waals surface area contributed by atoms with E-state index >= 15 is 0 Å². The summed E-state index contributed by atoms with van der Waals surface area (Å²) in [5, 5.41) is 0. The van der Waals surface area contributed by atoms with E-state index in [1.54, 1.807) is 0 Å². The van der Waals surface area contributed by atoms with Crippen LogP contribution in [0, 0.1) is 0 Å². The summed E-state index contributed by atoms with van der Waals surface area (Å²) in [4.78, 5) is 7.31. The fraction of sp³-hybridized carbons (Fsp3) is 0.889. The number of Topliss-reactive ketones (excluding diaryl/α,β-unsaturated/α-hetero) is 1. The monoisotopic (exact) mass is 371 g/mol. The summed E-state index contributed by atoms with van der Waals surface area (Å²) in [6.45, 7) is 0.487. The third kappa shape index (κ3) is 1.99. The average molecular weight is 371 g/mol. The number of rotatable bonds is 3. The smallest absolute Gasteiger partial charge is 0.291 e. The molecule has 1 aliphatic rings. The molecule has 1 saturated heterocycles. The Morgan fingerprint density at radius 1 is 0.783 bits per heavy atom. The van der Waals surface area contributed by atoms with Crippen LogP contribution in [0.15, 0.2) is 0 Å². The summed E-state index contributed by atoms with van der Waals surface area (Å²) >= 11 is 0. The Bertz CT molecular complexity index is 483. The lowest BCUT2D eigenvalue weighted by atomic mass is 9.92. The highest BCUT2D eigenvalue weighted by Gasteiger charge is 2.97. The van der Waals surface area contributed by atoms with E-state index < -0.39 is 53.0 Å². The van der Waals surface area contributed by atoms with Gasteiger partial charge in [-0.1, -0.05) is 6.92 Å². The van der Waals surface area contributed by atoms with Gasteiger partial charge in [0.25, 0.3) is 0 Å². The second kappa shape index (κ2) is 4.66. The van der Waals surface area contributed by atoms with Gasteiger partial charge in [0.05, 0.1) is 0 Å². The number of halogens is 12. The van der Waals surface area contributed by atoms with Crippen molar-refractivity contribution < 1.29 is 57.5 Å². The van der Waals surface area contributed by atoms with Crippen LogP contribution >= 0.6 is 0 Å². The molecule has 1 heterocycles. The lowest BCUT2D eigenvalue weighted by Crippen LogP contribution is -2.84. The highest BCUT2D eigenvalue weighted by molar-refractivity contribution is 5.85. The summed E-state index contributed by atoms with van der Waals surface area (Å²) in [6.07, 6.45) is -1.51. The Labute approximate surface area is 119 Å². The van der Waals surface area contributed by atoms with Crippen LogP contribution in [-0.2, 0) is 4.79 Å². The maximum Gasteiger partial charge on any atom is 0.393 e. The van der Waals surface area contributed by atoms with Crippen molar-refractivity contribution in [2.45, 2.75) is 49.3 Å². The summed E-state index contributed by atoms with van der Waals surface area (Å²) in [7, 11) is 0. The van der Waals surface area contributed by atoms with E-state index in [2.05, 4.69) is 0 Å². The molecule has 0 saturated carbocycles. The second-order valence-corrected chi connectivity index (χ2v) is 4.46. The molecule has 0 N–H and O–H groups in total. The van der Waals surface area contributed by atoms with Gasteiger partial charge in [-0.3, -0.25) is 4.79 Å². The van der Waals surface area contributed by atoms with Crippen LogP contribution in [0.5, 0.6) is 0 Å². The van der Waals surface area contributed by atoms with Crippen LogP contribution < -0.4 is 0 Å². The summed E-state index contributed by atoms with van der Waals surface area (Å²) < 4.78 is 157. The molecule has 1 aliphatic heterocycles.